The molecule has 0 saturated carbocycles. The summed E-state index contributed by atoms with van der Waals surface area (Å²) in [5, 5.41) is 0. The van der Waals surface area contributed by atoms with E-state index in [-0.39, 0.29) is 18.2 Å². The number of nitrogens with two attached hydrogens (primary N) is 1. The van der Waals surface area contributed by atoms with Crippen LogP contribution < -0.4 is 15.2 Å². The summed E-state index contributed by atoms with van der Waals surface area (Å²) in [6.45, 7) is 4.04. The summed E-state index contributed by atoms with van der Waals surface area (Å²) >= 11 is 0. The number of ether oxygens (including phenoxy) is 2. The quantitative estimate of drug-likeness (QED) is 0.926. The molecule has 0 saturated heterocycles. The molecular weight excluding hydrogens is 262 g/mol. The number of para-hydroxylation sites is 1. The van der Waals surface area contributed by atoms with E-state index in [1.807, 2.05) is 50.2 Å². The number of hydrogen-bond acceptors (Lipinski definition) is 3. The van der Waals surface area contributed by atoms with Crippen LogP contribution in [0.1, 0.15) is 43.5 Å². The predicted molar refractivity (Wildman–Crippen MR) is 83.6 cm³/mol. The fourth-order valence-corrected chi connectivity index (χ4v) is 2.69. The second-order valence-corrected chi connectivity index (χ2v) is 5.72. The molecule has 1 aliphatic heterocycles. The van der Waals surface area contributed by atoms with Crippen LogP contribution in [-0.2, 0) is 0 Å². The largest absolute Gasteiger partial charge is 0.491 e. The molecule has 2 aromatic rings. The van der Waals surface area contributed by atoms with Gasteiger partial charge in [-0.05, 0) is 37.6 Å². The van der Waals surface area contributed by atoms with Gasteiger partial charge in [-0.2, -0.15) is 0 Å². The van der Waals surface area contributed by atoms with Crippen molar-refractivity contribution in [3.05, 3.63) is 59.7 Å². The molecule has 0 spiro atoms. The van der Waals surface area contributed by atoms with Crippen LogP contribution in [0.3, 0.4) is 0 Å². The average molecular weight is 283 g/mol. The molecule has 0 aliphatic carbocycles. The first-order chi connectivity index (χ1) is 10.1. The van der Waals surface area contributed by atoms with Gasteiger partial charge >= 0.3 is 0 Å². The Balaban J connectivity index is 1.79. The van der Waals surface area contributed by atoms with E-state index in [2.05, 4.69) is 12.1 Å². The summed E-state index contributed by atoms with van der Waals surface area (Å²) in [5.41, 5.74) is 8.49. The van der Waals surface area contributed by atoms with Crippen LogP contribution in [0.4, 0.5) is 0 Å². The molecule has 21 heavy (non-hydrogen) atoms. The Hall–Kier alpha value is -2.00. The van der Waals surface area contributed by atoms with E-state index in [0.717, 1.165) is 29.0 Å². The van der Waals surface area contributed by atoms with Crippen molar-refractivity contribution < 1.29 is 9.47 Å². The van der Waals surface area contributed by atoms with E-state index < -0.39 is 0 Å². The molecule has 110 valence electrons. The van der Waals surface area contributed by atoms with Crippen LogP contribution >= 0.6 is 0 Å². The molecule has 2 aromatic carbocycles. The Morgan fingerprint density at radius 3 is 2.52 bits per heavy atom. The molecule has 1 heterocycles. The first-order valence-electron chi connectivity index (χ1n) is 7.41. The van der Waals surface area contributed by atoms with Crippen LogP contribution in [0.2, 0.25) is 0 Å². The highest BCUT2D eigenvalue weighted by Gasteiger charge is 2.26. The lowest BCUT2D eigenvalue weighted by Gasteiger charge is -2.30. The highest BCUT2D eigenvalue weighted by atomic mass is 16.5. The van der Waals surface area contributed by atoms with Gasteiger partial charge in [-0.15, -0.1) is 0 Å². The summed E-state index contributed by atoms with van der Waals surface area (Å²) < 4.78 is 11.8. The van der Waals surface area contributed by atoms with E-state index in [1.54, 1.807) is 0 Å². The van der Waals surface area contributed by atoms with E-state index >= 15 is 0 Å². The van der Waals surface area contributed by atoms with Gasteiger partial charge in [0.25, 0.3) is 0 Å². The van der Waals surface area contributed by atoms with Crippen molar-refractivity contribution in [3.8, 4) is 11.5 Å². The van der Waals surface area contributed by atoms with E-state index in [4.69, 9.17) is 15.2 Å². The molecule has 3 heteroatoms. The maximum Gasteiger partial charge on any atom is 0.126 e. The van der Waals surface area contributed by atoms with Crippen LogP contribution in [0.25, 0.3) is 0 Å². The van der Waals surface area contributed by atoms with Crippen LogP contribution in [0, 0.1) is 0 Å². The van der Waals surface area contributed by atoms with Gasteiger partial charge in [-0.1, -0.05) is 30.3 Å². The fourth-order valence-electron chi connectivity index (χ4n) is 2.69. The lowest BCUT2D eigenvalue weighted by Crippen LogP contribution is -2.24. The van der Waals surface area contributed by atoms with Gasteiger partial charge in [0, 0.05) is 18.0 Å². The minimum absolute atomic E-state index is 0.00278. The van der Waals surface area contributed by atoms with Crippen molar-refractivity contribution in [3.63, 3.8) is 0 Å². The second-order valence-electron chi connectivity index (χ2n) is 5.72. The van der Waals surface area contributed by atoms with Crippen LogP contribution in [-0.4, -0.2) is 6.10 Å². The summed E-state index contributed by atoms with van der Waals surface area (Å²) in [4.78, 5) is 0. The van der Waals surface area contributed by atoms with Crippen molar-refractivity contribution >= 4 is 0 Å². The number of fused-ring (bicyclic) bond motifs is 1. The second kappa shape index (κ2) is 5.78. The first kappa shape index (κ1) is 14.0. The van der Waals surface area contributed by atoms with Crippen molar-refractivity contribution in [2.45, 2.75) is 38.5 Å². The van der Waals surface area contributed by atoms with Crippen molar-refractivity contribution in [1.82, 2.24) is 0 Å². The zero-order valence-electron chi connectivity index (χ0n) is 12.5. The zero-order chi connectivity index (χ0) is 14.8. The Kier molecular flexibility index (Phi) is 3.84. The predicted octanol–water partition coefficient (Wildman–Crippen LogP) is 4.00. The molecule has 2 atom stereocenters. The van der Waals surface area contributed by atoms with Gasteiger partial charge in [0.05, 0.1) is 6.10 Å². The topological polar surface area (TPSA) is 44.5 Å². The van der Waals surface area contributed by atoms with Gasteiger partial charge in [-0.3, -0.25) is 0 Å². The Morgan fingerprint density at radius 1 is 1.10 bits per heavy atom. The van der Waals surface area contributed by atoms with Gasteiger partial charge in [0.15, 0.2) is 0 Å². The van der Waals surface area contributed by atoms with E-state index in [1.165, 1.54) is 0 Å². The van der Waals surface area contributed by atoms with Gasteiger partial charge in [0.2, 0.25) is 0 Å². The molecule has 3 rings (SSSR count). The zero-order valence-corrected chi connectivity index (χ0v) is 12.5. The van der Waals surface area contributed by atoms with E-state index in [0.29, 0.717) is 0 Å². The molecular formula is C18H21NO2. The van der Waals surface area contributed by atoms with Crippen molar-refractivity contribution in [2.75, 3.05) is 0 Å². The monoisotopic (exact) mass is 283 g/mol. The number of benzene rings is 2. The Labute approximate surface area is 125 Å². The van der Waals surface area contributed by atoms with Crippen LogP contribution in [0.5, 0.6) is 11.5 Å². The smallest absolute Gasteiger partial charge is 0.126 e. The maximum absolute atomic E-state index is 6.27. The van der Waals surface area contributed by atoms with Crippen LogP contribution in [0.15, 0.2) is 48.5 Å². The third-order valence-electron chi connectivity index (χ3n) is 3.68. The van der Waals surface area contributed by atoms with Gasteiger partial charge < -0.3 is 15.2 Å². The van der Waals surface area contributed by atoms with E-state index in [9.17, 15) is 0 Å². The summed E-state index contributed by atoms with van der Waals surface area (Å²) in [6.07, 6.45) is 0.978. The van der Waals surface area contributed by atoms with Gasteiger partial charge in [0.1, 0.15) is 17.6 Å². The first-order valence-corrected chi connectivity index (χ1v) is 7.41. The van der Waals surface area contributed by atoms with Gasteiger partial charge in [-0.25, -0.2) is 0 Å². The Morgan fingerprint density at radius 2 is 1.81 bits per heavy atom. The maximum atomic E-state index is 6.27. The molecule has 0 fully saturated rings. The third kappa shape index (κ3) is 3.03. The standard InChI is InChI=1S/C18H21NO2/c1-12(2)20-14-9-7-13(8-10-14)18-11-16(19)15-5-3-4-6-17(15)21-18/h3-10,12,16,18H,11,19H2,1-2H3. The normalized spacial score (nSPS) is 20.8. The highest BCUT2D eigenvalue weighted by molar-refractivity contribution is 5.39. The van der Waals surface area contributed by atoms with Crippen molar-refractivity contribution in [1.29, 1.82) is 0 Å². The third-order valence-corrected chi connectivity index (χ3v) is 3.68. The summed E-state index contributed by atoms with van der Waals surface area (Å²) in [5.74, 6) is 1.78. The molecule has 2 unspecified atom stereocenters. The fraction of sp³-hybridized carbons (Fsp3) is 0.333. The molecule has 0 bridgehead atoms. The molecule has 0 aromatic heterocycles. The number of hydrogen-bond donors (Lipinski definition) is 1. The lowest BCUT2D eigenvalue weighted by atomic mass is 9.93. The molecule has 3 nitrogen and oxygen atoms in total. The minimum Gasteiger partial charge on any atom is -0.491 e. The average Bonchev–Trinajstić information content (AvgIpc) is 2.47. The highest BCUT2D eigenvalue weighted by Crippen LogP contribution is 2.39. The molecule has 1 aliphatic rings. The molecule has 0 radical (unpaired) electrons. The van der Waals surface area contributed by atoms with Crippen molar-refractivity contribution in [2.24, 2.45) is 5.73 Å². The summed E-state index contributed by atoms with van der Waals surface area (Å²) in [7, 11) is 0. The summed E-state index contributed by atoms with van der Waals surface area (Å²) in [6, 6.07) is 16.1. The minimum atomic E-state index is 0.00278. The lowest BCUT2D eigenvalue weighted by molar-refractivity contribution is 0.161. The molecule has 0 amide bonds. The SMILES string of the molecule is CC(C)Oc1ccc(C2CC(N)c3ccccc3O2)cc1. The molecule has 2 N–H and O–H groups in total. The number of rotatable bonds is 3. The Bertz CT molecular complexity index is 607.